The highest BCUT2D eigenvalue weighted by molar-refractivity contribution is 7.80. The summed E-state index contributed by atoms with van der Waals surface area (Å²) >= 11 is 5.04. The lowest BCUT2D eigenvalue weighted by Crippen LogP contribution is -1.81. The van der Waals surface area contributed by atoms with E-state index in [9.17, 15) is 0 Å². The molecule has 0 bridgehead atoms. The third-order valence-corrected chi connectivity index (χ3v) is 2.92. The monoisotopic (exact) mass is 213 g/mol. The summed E-state index contributed by atoms with van der Waals surface area (Å²) in [6.07, 6.45) is 0. The van der Waals surface area contributed by atoms with Crippen LogP contribution in [0, 0.1) is 6.92 Å². The number of benzene rings is 2. The van der Waals surface area contributed by atoms with E-state index in [1.165, 1.54) is 16.3 Å². The summed E-state index contributed by atoms with van der Waals surface area (Å²) in [6, 6.07) is 10.4. The molecule has 3 heteroatoms. The Morgan fingerprint density at radius 1 is 1.27 bits per heavy atom. The van der Waals surface area contributed by atoms with Gasteiger partial charge in [-0.15, -0.1) is 0 Å². The SMILES string of the molecule is Cc1c2ccccc2cc2[nH]c([S])nc12. The average molecular weight is 213 g/mol. The second-order valence-electron chi connectivity index (χ2n) is 3.66. The van der Waals surface area contributed by atoms with E-state index in [2.05, 4.69) is 35.1 Å². The molecule has 0 spiro atoms. The van der Waals surface area contributed by atoms with Crippen molar-refractivity contribution in [1.82, 2.24) is 9.97 Å². The Balaban J connectivity index is 2.58. The minimum atomic E-state index is 0.559. The molecule has 3 rings (SSSR count). The molecular weight excluding hydrogens is 204 g/mol. The van der Waals surface area contributed by atoms with Crippen LogP contribution in [0.25, 0.3) is 21.8 Å². The fraction of sp³-hybridized carbons (Fsp3) is 0.0833. The molecule has 2 nitrogen and oxygen atoms in total. The van der Waals surface area contributed by atoms with Crippen LogP contribution in [0.3, 0.4) is 0 Å². The van der Waals surface area contributed by atoms with Crippen molar-refractivity contribution in [2.45, 2.75) is 12.1 Å². The highest BCUT2D eigenvalue weighted by atomic mass is 32.1. The summed E-state index contributed by atoms with van der Waals surface area (Å²) in [5.41, 5.74) is 3.20. The predicted octanol–water partition coefficient (Wildman–Crippen LogP) is 3.58. The zero-order valence-corrected chi connectivity index (χ0v) is 9.06. The number of aryl methyl sites for hydroxylation is 1. The maximum absolute atomic E-state index is 5.04. The Morgan fingerprint density at radius 3 is 2.93 bits per heavy atom. The number of hydrogen-bond acceptors (Lipinski definition) is 1. The molecule has 1 heterocycles. The molecule has 0 amide bonds. The summed E-state index contributed by atoms with van der Waals surface area (Å²) in [7, 11) is 0. The van der Waals surface area contributed by atoms with Gasteiger partial charge in [0.15, 0.2) is 5.16 Å². The molecule has 0 aliphatic rings. The van der Waals surface area contributed by atoms with Gasteiger partial charge in [0.25, 0.3) is 0 Å². The first-order valence-electron chi connectivity index (χ1n) is 4.81. The van der Waals surface area contributed by atoms with E-state index >= 15 is 0 Å². The van der Waals surface area contributed by atoms with Gasteiger partial charge in [-0.05, 0) is 42.0 Å². The standard InChI is InChI=1S/C12H9N2S/c1-7-9-5-3-2-4-8(9)6-10-11(7)14-12(15)13-10/h2-6H,1H3,(H,13,14). The van der Waals surface area contributed by atoms with E-state index < -0.39 is 0 Å². The normalized spacial score (nSPS) is 11.3. The van der Waals surface area contributed by atoms with Crippen LogP contribution in [-0.4, -0.2) is 9.97 Å². The third-order valence-electron chi connectivity index (χ3n) is 2.73. The van der Waals surface area contributed by atoms with Crippen LogP contribution >= 0.6 is 12.6 Å². The maximum atomic E-state index is 5.04. The first-order valence-corrected chi connectivity index (χ1v) is 5.21. The van der Waals surface area contributed by atoms with Crippen LogP contribution in [0.15, 0.2) is 35.5 Å². The predicted molar refractivity (Wildman–Crippen MR) is 64.2 cm³/mol. The lowest BCUT2D eigenvalue weighted by atomic mass is 10.0. The Labute approximate surface area is 92.7 Å². The van der Waals surface area contributed by atoms with Gasteiger partial charge in [-0.2, -0.15) is 0 Å². The number of rotatable bonds is 0. The van der Waals surface area contributed by atoms with E-state index in [4.69, 9.17) is 12.6 Å². The van der Waals surface area contributed by atoms with Crippen LogP contribution in [0.1, 0.15) is 5.56 Å². The number of fused-ring (bicyclic) bond motifs is 2. The van der Waals surface area contributed by atoms with Gasteiger partial charge in [0.1, 0.15) is 0 Å². The Hall–Kier alpha value is -1.61. The summed E-state index contributed by atoms with van der Waals surface area (Å²) in [6.45, 7) is 2.08. The second-order valence-corrected chi connectivity index (χ2v) is 4.05. The number of aromatic nitrogens is 2. The second kappa shape index (κ2) is 2.94. The molecule has 1 N–H and O–H groups in total. The van der Waals surface area contributed by atoms with Crippen molar-refractivity contribution in [2.75, 3.05) is 0 Å². The van der Waals surface area contributed by atoms with Gasteiger partial charge >= 0.3 is 0 Å². The summed E-state index contributed by atoms with van der Waals surface area (Å²) in [5, 5.41) is 3.02. The van der Waals surface area contributed by atoms with E-state index in [0.717, 1.165) is 11.0 Å². The number of aromatic amines is 1. The van der Waals surface area contributed by atoms with Crippen molar-refractivity contribution in [3.05, 3.63) is 35.9 Å². The number of nitrogens with zero attached hydrogens (tertiary/aromatic N) is 1. The molecule has 0 saturated carbocycles. The molecule has 0 aliphatic heterocycles. The Kier molecular flexibility index (Phi) is 1.70. The van der Waals surface area contributed by atoms with E-state index in [1.807, 2.05) is 12.1 Å². The Bertz CT molecular complexity index is 655. The van der Waals surface area contributed by atoms with Crippen LogP contribution in [0.4, 0.5) is 0 Å². The first-order chi connectivity index (χ1) is 7.25. The molecule has 1 radical (unpaired) electrons. The minimum Gasteiger partial charge on any atom is -0.329 e. The molecule has 3 aromatic rings. The molecule has 73 valence electrons. The molecule has 0 saturated heterocycles. The topological polar surface area (TPSA) is 28.7 Å². The molecular formula is C12H9N2S. The van der Waals surface area contributed by atoms with E-state index in [0.29, 0.717) is 5.16 Å². The summed E-state index contributed by atoms with van der Waals surface area (Å²) < 4.78 is 0. The number of H-pyrrole nitrogens is 1. The number of nitrogens with one attached hydrogen (secondary N) is 1. The highest BCUT2D eigenvalue weighted by Crippen LogP contribution is 2.26. The van der Waals surface area contributed by atoms with Crippen molar-refractivity contribution in [3.8, 4) is 0 Å². The molecule has 1 aromatic heterocycles. The van der Waals surface area contributed by atoms with Crippen molar-refractivity contribution in [3.63, 3.8) is 0 Å². The quantitative estimate of drug-likeness (QED) is 0.607. The molecule has 0 atom stereocenters. The zero-order chi connectivity index (χ0) is 10.4. The van der Waals surface area contributed by atoms with Gasteiger partial charge in [-0.3, -0.25) is 0 Å². The van der Waals surface area contributed by atoms with E-state index in [-0.39, 0.29) is 0 Å². The maximum Gasteiger partial charge on any atom is 0.197 e. The first kappa shape index (κ1) is 8.68. The minimum absolute atomic E-state index is 0.559. The number of hydrogen-bond donors (Lipinski definition) is 1. The van der Waals surface area contributed by atoms with E-state index in [1.54, 1.807) is 0 Å². The summed E-state index contributed by atoms with van der Waals surface area (Å²) in [4.78, 5) is 7.42. The Morgan fingerprint density at radius 2 is 2.07 bits per heavy atom. The highest BCUT2D eigenvalue weighted by Gasteiger charge is 2.07. The number of imidazole rings is 1. The molecule has 15 heavy (non-hydrogen) atoms. The average Bonchev–Trinajstić information content (AvgIpc) is 2.59. The smallest absolute Gasteiger partial charge is 0.197 e. The van der Waals surface area contributed by atoms with Crippen molar-refractivity contribution in [1.29, 1.82) is 0 Å². The van der Waals surface area contributed by atoms with Gasteiger partial charge in [0.2, 0.25) is 0 Å². The fourth-order valence-corrected chi connectivity index (χ4v) is 2.20. The van der Waals surface area contributed by atoms with Crippen LogP contribution in [-0.2, 0) is 0 Å². The zero-order valence-electron chi connectivity index (χ0n) is 8.24. The van der Waals surface area contributed by atoms with Crippen molar-refractivity contribution >= 4 is 34.4 Å². The van der Waals surface area contributed by atoms with Gasteiger partial charge in [0.05, 0.1) is 11.0 Å². The van der Waals surface area contributed by atoms with Crippen LogP contribution < -0.4 is 0 Å². The van der Waals surface area contributed by atoms with Crippen LogP contribution in [0.5, 0.6) is 0 Å². The van der Waals surface area contributed by atoms with Gasteiger partial charge in [0, 0.05) is 0 Å². The molecule has 0 fully saturated rings. The van der Waals surface area contributed by atoms with Crippen molar-refractivity contribution in [2.24, 2.45) is 0 Å². The van der Waals surface area contributed by atoms with Gasteiger partial charge < -0.3 is 4.98 Å². The molecule has 0 aliphatic carbocycles. The largest absolute Gasteiger partial charge is 0.329 e. The van der Waals surface area contributed by atoms with Crippen LogP contribution in [0.2, 0.25) is 0 Å². The molecule has 2 aromatic carbocycles. The lowest BCUT2D eigenvalue weighted by Gasteiger charge is -2.01. The molecule has 0 unspecified atom stereocenters. The third kappa shape index (κ3) is 1.20. The fourth-order valence-electron chi connectivity index (χ4n) is 2.00. The van der Waals surface area contributed by atoms with Gasteiger partial charge in [-0.1, -0.05) is 24.3 Å². The van der Waals surface area contributed by atoms with Gasteiger partial charge in [-0.25, -0.2) is 4.98 Å². The van der Waals surface area contributed by atoms with Crippen molar-refractivity contribution < 1.29 is 0 Å². The summed E-state index contributed by atoms with van der Waals surface area (Å²) in [5.74, 6) is 0. The lowest BCUT2D eigenvalue weighted by molar-refractivity contribution is 1.09.